The molecule has 164 valence electrons. The summed E-state index contributed by atoms with van der Waals surface area (Å²) in [4.78, 5) is 37.7. The molecule has 0 spiro atoms. The molecule has 7 nitrogen and oxygen atoms in total. The van der Waals surface area contributed by atoms with Crippen LogP contribution >= 0.6 is 11.8 Å². The summed E-state index contributed by atoms with van der Waals surface area (Å²) >= 11 is 1.05. The van der Waals surface area contributed by atoms with Gasteiger partial charge in [0, 0.05) is 11.6 Å². The van der Waals surface area contributed by atoms with Crippen molar-refractivity contribution >= 4 is 35.2 Å². The molecule has 0 bridgehead atoms. The molecular formula is C24H23N3O4S. The number of hydrogen-bond donors (Lipinski definition) is 2. The van der Waals surface area contributed by atoms with Crippen molar-refractivity contribution in [1.82, 2.24) is 5.32 Å². The summed E-state index contributed by atoms with van der Waals surface area (Å²) in [6, 6.07) is 16.7. The molecule has 0 aromatic heterocycles. The van der Waals surface area contributed by atoms with Crippen molar-refractivity contribution in [2.45, 2.75) is 19.8 Å². The van der Waals surface area contributed by atoms with Crippen molar-refractivity contribution in [1.29, 1.82) is 5.26 Å². The second kappa shape index (κ2) is 10.2. The molecule has 2 atom stereocenters. The third-order valence-corrected chi connectivity index (χ3v) is 6.01. The Hall–Kier alpha value is -3.57. The first kappa shape index (κ1) is 23.1. The predicted octanol–water partition coefficient (Wildman–Crippen LogP) is 3.41. The molecule has 1 aliphatic rings. The lowest BCUT2D eigenvalue weighted by Gasteiger charge is -2.30. The molecule has 1 aliphatic heterocycles. The van der Waals surface area contributed by atoms with Gasteiger partial charge in [-0.2, -0.15) is 5.26 Å². The van der Waals surface area contributed by atoms with Crippen LogP contribution in [0.2, 0.25) is 0 Å². The lowest BCUT2D eigenvalue weighted by molar-refractivity contribution is -0.150. The highest BCUT2D eigenvalue weighted by Gasteiger charge is 2.44. The van der Waals surface area contributed by atoms with Crippen LogP contribution < -0.4 is 10.6 Å². The van der Waals surface area contributed by atoms with E-state index in [-0.39, 0.29) is 22.3 Å². The van der Waals surface area contributed by atoms with Gasteiger partial charge in [-0.1, -0.05) is 48.2 Å². The number of nitriles is 1. The van der Waals surface area contributed by atoms with E-state index in [4.69, 9.17) is 4.74 Å². The van der Waals surface area contributed by atoms with Crippen LogP contribution in [0.5, 0.6) is 0 Å². The van der Waals surface area contributed by atoms with Crippen LogP contribution in [0.25, 0.3) is 0 Å². The van der Waals surface area contributed by atoms with Crippen molar-refractivity contribution < 1.29 is 19.1 Å². The van der Waals surface area contributed by atoms with Crippen molar-refractivity contribution in [2.75, 3.05) is 18.2 Å². The average molecular weight is 450 g/mol. The fourth-order valence-corrected chi connectivity index (χ4v) is 4.57. The van der Waals surface area contributed by atoms with E-state index in [0.717, 1.165) is 22.9 Å². The van der Waals surface area contributed by atoms with Gasteiger partial charge in [0.2, 0.25) is 11.8 Å². The minimum absolute atomic E-state index is 0.0157. The Balaban J connectivity index is 1.86. The molecule has 0 fully saturated rings. The van der Waals surface area contributed by atoms with Gasteiger partial charge in [-0.3, -0.25) is 14.4 Å². The van der Waals surface area contributed by atoms with Crippen molar-refractivity contribution in [2.24, 2.45) is 5.92 Å². The number of ether oxygens (including phenoxy) is 1. The van der Waals surface area contributed by atoms with Gasteiger partial charge in [-0.15, -0.1) is 0 Å². The fraction of sp³-hybridized carbons (Fsp3) is 0.250. The molecule has 0 unspecified atom stereocenters. The number of nitrogens with zero attached hydrogens (tertiary/aromatic N) is 1. The average Bonchev–Trinajstić information content (AvgIpc) is 2.76. The number of anilines is 1. The maximum Gasteiger partial charge on any atom is 0.319 e. The minimum Gasteiger partial charge on any atom is -0.468 e. The largest absolute Gasteiger partial charge is 0.468 e. The molecule has 8 heteroatoms. The third-order valence-electron chi connectivity index (χ3n) is 5.00. The Kier molecular flexibility index (Phi) is 7.33. The normalized spacial score (nSPS) is 17.9. The first-order chi connectivity index (χ1) is 15.3. The molecule has 0 saturated heterocycles. The van der Waals surface area contributed by atoms with E-state index < -0.39 is 23.7 Å². The number of hydrogen-bond acceptors (Lipinski definition) is 6. The number of methoxy groups -OCH3 is 1. The van der Waals surface area contributed by atoms with E-state index in [2.05, 4.69) is 16.7 Å². The van der Waals surface area contributed by atoms with Gasteiger partial charge in [0.1, 0.15) is 5.92 Å². The van der Waals surface area contributed by atoms with Crippen LogP contribution in [-0.4, -0.2) is 30.6 Å². The molecule has 32 heavy (non-hydrogen) atoms. The summed E-state index contributed by atoms with van der Waals surface area (Å²) < 4.78 is 4.82. The Morgan fingerprint density at radius 3 is 2.41 bits per heavy atom. The molecule has 0 radical (unpaired) electrons. The number of carbonyl (C=O) groups is 3. The SMILES string of the molecule is COC(=O)[C@@H]1C(=O)NC(SCC(=O)Nc2cc(C)cc(C)c2)=C(C#N)[C@@H]1c1ccccc1. The van der Waals surface area contributed by atoms with E-state index in [1.807, 2.05) is 38.1 Å². The van der Waals surface area contributed by atoms with E-state index in [9.17, 15) is 19.6 Å². The molecular weight excluding hydrogens is 426 g/mol. The van der Waals surface area contributed by atoms with Gasteiger partial charge in [0.05, 0.1) is 29.5 Å². The van der Waals surface area contributed by atoms with Crippen LogP contribution in [0.4, 0.5) is 5.69 Å². The zero-order valence-electron chi connectivity index (χ0n) is 18.0. The summed E-state index contributed by atoms with van der Waals surface area (Å²) in [5, 5.41) is 15.6. The number of allylic oxidation sites excluding steroid dienone is 1. The van der Waals surface area contributed by atoms with Crippen molar-refractivity contribution in [3.8, 4) is 6.07 Å². The lowest BCUT2D eigenvalue weighted by atomic mass is 9.78. The van der Waals surface area contributed by atoms with Crippen molar-refractivity contribution in [3.05, 3.63) is 75.8 Å². The van der Waals surface area contributed by atoms with Gasteiger partial charge in [-0.05, 0) is 42.7 Å². The quantitative estimate of drug-likeness (QED) is 0.517. The predicted molar refractivity (Wildman–Crippen MR) is 122 cm³/mol. The number of esters is 1. The number of rotatable bonds is 6. The van der Waals surface area contributed by atoms with Crippen LogP contribution in [0, 0.1) is 31.1 Å². The van der Waals surface area contributed by atoms with Gasteiger partial charge in [-0.25, -0.2) is 0 Å². The van der Waals surface area contributed by atoms with E-state index in [1.54, 1.807) is 24.3 Å². The third kappa shape index (κ3) is 5.18. The summed E-state index contributed by atoms with van der Waals surface area (Å²) in [6.45, 7) is 3.89. The Morgan fingerprint density at radius 1 is 1.16 bits per heavy atom. The van der Waals surface area contributed by atoms with Crippen LogP contribution in [0.15, 0.2) is 59.1 Å². The molecule has 2 N–H and O–H groups in total. The number of aryl methyl sites for hydroxylation is 2. The molecule has 0 aliphatic carbocycles. The minimum atomic E-state index is -1.19. The highest BCUT2D eigenvalue weighted by atomic mass is 32.2. The first-order valence-corrected chi connectivity index (χ1v) is 10.9. The zero-order valence-corrected chi connectivity index (χ0v) is 18.8. The number of nitrogens with one attached hydrogen (secondary N) is 2. The topological polar surface area (TPSA) is 108 Å². The number of thioether (sulfide) groups is 1. The van der Waals surface area contributed by atoms with Gasteiger partial charge < -0.3 is 15.4 Å². The van der Waals surface area contributed by atoms with Crippen molar-refractivity contribution in [3.63, 3.8) is 0 Å². The maximum atomic E-state index is 12.8. The highest BCUT2D eigenvalue weighted by Crippen LogP contribution is 2.40. The summed E-state index contributed by atoms with van der Waals surface area (Å²) in [7, 11) is 1.20. The maximum absolute atomic E-state index is 12.8. The van der Waals surface area contributed by atoms with Gasteiger partial charge in [0.25, 0.3) is 0 Å². The van der Waals surface area contributed by atoms with Gasteiger partial charge in [0.15, 0.2) is 0 Å². The second-order valence-corrected chi connectivity index (χ2v) is 8.43. The monoisotopic (exact) mass is 449 g/mol. The van der Waals surface area contributed by atoms with E-state index >= 15 is 0 Å². The highest BCUT2D eigenvalue weighted by molar-refractivity contribution is 8.03. The number of carbonyl (C=O) groups excluding carboxylic acids is 3. The molecule has 2 aromatic carbocycles. The molecule has 3 rings (SSSR count). The molecule has 2 amide bonds. The van der Waals surface area contributed by atoms with Gasteiger partial charge >= 0.3 is 5.97 Å². The van der Waals surface area contributed by atoms with Crippen LogP contribution in [-0.2, 0) is 19.1 Å². The summed E-state index contributed by atoms with van der Waals surface area (Å²) in [6.07, 6.45) is 0. The second-order valence-electron chi connectivity index (χ2n) is 7.45. The first-order valence-electron chi connectivity index (χ1n) is 9.93. The summed E-state index contributed by atoms with van der Waals surface area (Å²) in [5.74, 6) is -3.57. The van der Waals surface area contributed by atoms with E-state index in [1.165, 1.54) is 7.11 Å². The Bertz CT molecular complexity index is 1100. The molecule has 2 aromatic rings. The Morgan fingerprint density at radius 2 is 1.81 bits per heavy atom. The van der Waals surface area contributed by atoms with E-state index in [0.29, 0.717) is 11.3 Å². The number of benzene rings is 2. The van der Waals surface area contributed by atoms with Crippen LogP contribution in [0.3, 0.4) is 0 Å². The smallest absolute Gasteiger partial charge is 0.319 e. The molecule has 1 heterocycles. The van der Waals surface area contributed by atoms with Crippen LogP contribution in [0.1, 0.15) is 22.6 Å². The Labute approximate surface area is 190 Å². The summed E-state index contributed by atoms with van der Waals surface area (Å²) in [5.41, 5.74) is 3.61. The number of amides is 2. The zero-order chi connectivity index (χ0) is 23.3. The lowest BCUT2D eigenvalue weighted by Crippen LogP contribution is -2.44. The molecule has 0 saturated carbocycles. The standard InChI is InChI=1S/C24H23N3O4S/c1-14-9-15(2)11-17(10-14)26-19(28)13-32-23-18(12-25)20(16-7-5-4-6-8-16)21(22(29)27-23)24(30)31-3/h4-11,20-21H,13H2,1-3H3,(H,26,28)(H,27,29)/t20-,21-/m0/s1. The fourth-order valence-electron chi connectivity index (χ4n) is 3.72.